The summed E-state index contributed by atoms with van der Waals surface area (Å²) in [5, 5.41) is 62.9. The number of benzene rings is 3. The SMILES string of the molecule is O=c1ccc([C@H]2Oc3cc(O)cc(O)c3C[C@H]2O)cc2c(C3Oc4cc(O)cc(O)c4C[C@H]3O)cccc12. The first-order valence-electron chi connectivity index (χ1n) is 12.1. The van der Waals surface area contributed by atoms with Crippen LogP contribution in [0, 0.1) is 0 Å². The van der Waals surface area contributed by atoms with Crippen molar-refractivity contribution in [1.29, 1.82) is 0 Å². The second kappa shape index (κ2) is 8.83. The van der Waals surface area contributed by atoms with Gasteiger partial charge in [-0.05, 0) is 23.1 Å². The van der Waals surface area contributed by atoms with E-state index in [1.807, 2.05) is 0 Å². The highest BCUT2D eigenvalue weighted by Crippen LogP contribution is 2.44. The zero-order chi connectivity index (χ0) is 26.7. The molecule has 4 aromatic rings. The second-order valence-electron chi connectivity index (χ2n) is 9.65. The first-order chi connectivity index (χ1) is 18.2. The van der Waals surface area contributed by atoms with E-state index < -0.39 is 24.4 Å². The van der Waals surface area contributed by atoms with E-state index in [0.29, 0.717) is 33.0 Å². The van der Waals surface area contributed by atoms with Crippen LogP contribution in [0.25, 0.3) is 10.8 Å². The molecule has 2 aliphatic rings. The largest absolute Gasteiger partial charge is 0.508 e. The van der Waals surface area contributed by atoms with Gasteiger partial charge in [0, 0.05) is 59.2 Å². The maximum Gasteiger partial charge on any atom is 0.186 e. The van der Waals surface area contributed by atoms with Crippen molar-refractivity contribution in [3.8, 4) is 34.5 Å². The lowest BCUT2D eigenvalue weighted by Crippen LogP contribution is -2.31. The molecule has 0 bridgehead atoms. The smallest absolute Gasteiger partial charge is 0.186 e. The standard InChI is InChI=1S/C29H24O9/c30-14-7-22(33)19-11-24(35)28(37-26(19)9-14)13-4-5-21(32)16-2-1-3-17(18(16)6-13)29-25(36)12-20-23(34)8-15(31)10-27(20)38-29/h1-10,24-25,28-31,33-36H,11-12H2/t24-,25-,28-,29?/m1/s1. The van der Waals surface area contributed by atoms with Crippen molar-refractivity contribution < 1.29 is 40.1 Å². The molecule has 4 atom stereocenters. The van der Waals surface area contributed by atoms with Crippen LogP contribution >= 0.6 is 0 Å². The van der Waals surface area contributed by atoms with E-state index in [-0.39, 0.29) is 52.8 Å². The Kier molecular flexibility index (Phi) is 5.55. The third-order valence-corrected chi connectivity index (χ3v) is 7.15. The summed E-state index contributed by atoms with van der Waals surface area (Å²) in [6.07, 6.45) is -3.85. The van der Waals surface area contributed by atoms with Gasteiger partial charge in [0.25, 0.3) is 0 Å². The van der Waals surface area contributed by atoms with Crippen molar-refractivity contribution in [3.05, 3.63) is 93.1 Å². The van der Waals surface area contributed by atoms with E-state index >= 15 is 0 Å². The van der Waals surface area contributed by atoms with Crippen LogP contribution < -0.4 is 14.9 Å². The Labute approximate surface area is 216 Å². The van der Waals surface area contributed by atoms with Crippen LogP contribution in [0.4, 0.5) is 0 Å². The van der Waals surface area contributed by atoms with Gasteiger partial charge in [-0.1, -0.05) is 24.3 Å². The molecule has 0 saturated heterocycles. The molecule has 9 heteroatoms. The van der Waals surface area contributed by atoms with Gasteiger partial charge in [-0.15, -0.1) is 0 Å². The molecule has 6 N–H and O–H groups in total. The highest BCUT2D eigenvalue weighted by atomic mass is 16.5. The molecular formula is C29H24O9. The van der Waals surface area contributed by atoms with Crippen molar-refractivity contribution in [3.63, 3.8) is 0 Å². The van der Waals surface area contributed by atoms with E-state index in [4.69, 9.17) is 9.47 Å². The summed E-state index contributed by atoms with van der Waals surface area (Å²) in [4.78, 5) is 13.0. The van der Waals surface area contributed by atoms with E-state index in [1.54, 1.807) is 30.3 Å². The molecule has 194 valence electrons. The molecular weight excluding hydrogens is 492 g/mol. The van der Waals surface area contributed by atoms with Crippen molar-refractivity contribution in [1.82, 2.24) is 0 Å². The monoisotopic (exact) mass is 516 g/mol. The molecule has 0 fully saturated rings. The van der Waals surface area contributed by atoms with Crippen molar-refractivity contribution in [2.75, 3.05) is 0 Å². The summed E-state index contributed by atoms with van der Waals surface area (Å²) in [6.45, 7) is 0. The Balaban J connectivity index is 1.47. The number of aromatic hydroxyl groups is 4. The maximum atomic E-state index is 13.0. The number of fused-ring (bicyclic) bond motifs is 3. The van der Waals surface area contributed by atoms with Gasteiger partial charge in [-0.3, -0.25) is 4.79 Å². The van der Waals surface area contributed by atoms with Gasteiger partial charge in [-0.2, -0.15) is 0 Å². The minimum Gasteiger partial charge on any atom is -0.508 e. The minimum absolute atomic E-state index is 0.0623. The molecule has 9 nitrogen and oxygen atoms in total. The van der Waals surface area contributed by atoms with Crippen LogP contribution in [0.3, 0.4) is 0 Å². The molecule has 4 aromatic carbocycles. The fraction of sp³-hybridized carbons (Fsp3) is 0.207. The first-order valence-corrected chi connectivity index (χ1v) is 12.1. The number of rotatable bonds is 2. The van der Waals surface area contributed by atoms with Crippen LogP contribution in [-0.2, 0) is 12.8 Å². The van der Waals surface area contributed by atoms with E-state index in [2.05, 4.69) is 0 Å². The highest BCUT2D eigenvalue weighted by Gasteiger charge is 2.35. The lowest BCUT2D eigenvalue weighted by Gasteiger charge is -2.32. The Bertz CT molecular complexity index is 1650. The lowest BCUT2D eigenvalue weighted by molar-refractivity contribution is 0.0194. The van der Waals surface area contributed by atoms with Gasteiger partial charge >= 0.3 is 0 Å². The Hall–Kier alpha value is -4.47. The average Bonchev–Trinajstić information content (AvgIpc) is 3.03. The van der Waals surface area contributed by atoms with E-state index in [1.165, 1.54) is 30.3 Å². The predicted octanol–water partition coefficient (Wildman–Crippen LogP) is 3.10. The number of hydrogen-bond acceptors (Lipinski definition) is 9. The average molecular weight is 517 g/mol. The molecule has 38 heavy (non-hydrogen) atoms. The minimum atomic E-state index is -1.07. The molecule has 2 heterocycles. The summed E-state index contributed by atoms with van der Waals surface area (Å²) in [5.41, 5.74) is 1.40. The van der Waals surface area contributed by atoms with Gasteiger partial charge in [0.2, 0.25) is 0 Å². The zero-order valence-corrected chi connectivity index (χ0v) is 19.9. The molecule has 1 unspecified atom stereocenters. The number of aliphatic hydroxyl groups excluding tert-OH is 2. The number of ether oxygens (including phenoxy) is 2. The number of phenolic OH excluding ortho intramolecular Hbond substituents is 4. The number of hydrogen-bond donors (Lipinski definition) is 6. The van der Waals surface area contributed by atoms with E-state index in [0.717, 1.165) is 0 Å². The van der Waals surface area contributed by atoms with Crippen molar-refractivity contribution >= 4 is 10.8 Å². The Morgan fingerprint density at radius 3 is 1.87 bits per heavy atom. The van der Waals surface area contributed by atoms with Gasteiger partial charge < -0.3 is 40.1 Å². The molecule has 0 spiro atoms. The molecule has 0 saturated carbocycles. The third kappa shape index (κ3) is 3.93. The summed E-state index contributed by atoms with van der Waals surface area (Å²) in [6, 6.07) is 14.7. The van der Waals surface area contributed by atoms with Crippen LogP contribution in [-0.4, -0.2) is 42.8 Å². The number of aliphatic hydroxyl groups is 2. The molecule has 0 amide bonds. The fourth-order valence-electron chi connectivity index (χ4n) is 5.34. The van der Waals surface area contributed by atoms with Crippen LogP contribution in [0.2, 0.25) is 0 Å². The molecule has 0 aliphatic carbocycles. The highest BCUT2D eigenvalue weighted by molar-refractivity contribution is 5.86. The van der Waals surface area contributed by atoms with Gasteiger partial charge in [-0.25, -0.2) is 0 Å². The molecule has 0 aromatic heterocycles. The molecule has 2 aliphatic heterocycles. The predicted molar refractivity (Wildman–Crippen MR) is 136 cm³/mol. The molecule has 6 rings (SSSR count). The van der Waals surface area contributed by atoms with Gasteiger partial charge in [0.1, 0.15) is 40.6 Å². The van der Waals surface area contributed by atoms with E-state index in [9.17, 15) is 35.4 Å². The maximum absolute atomic E-state index is 13.0. The van der Waals surface area contributed by atoms with Crippen molar-refractivity contribution in [2.24, 2.45) is 0 Å². The zero-order valence-electron chi connectivity index (χ0n) is 19.9. The normalized spacial score (nSPS) is 22.2. The summed E-state index contributed by atoms with van der Waals surface area (Å²) in [5.74, 6) is -0.312. The van der Waals surface area contributed by atoms with Crippen LogP contribution in [0.15, 0.2) is 65.5 Å². The quantitative estimate of drug-likeness (QED) is 0.236. The summed E-state index contributed by atoms with van der Waals surface area (Å²) >= 11 is 0. The number of phenols is 4. The van der Waals surface area contributed by atoms with Gasteiger partial charge in [0.15, 0.2) is 11.5 Å². The third-order valence-electron chi connectivity index (χ3n) is 7.15. The van der Waals surface area contributed by atoms with Crippen LogP contribution in [0.1, 0.15) is 34.5 Å². The lowest BCUT2D eigenvalue weighted by atomic mass is 9.90. The second-order valence-corrected chi connectivity index (χ2v) is 9.65. The van der Waals surface area contributed by atoms with Crippen molar-refractivity contribution in [2.45, 2.75) is 37.3 Å². The first kappa shape index (κ1) is 23.9. The Morgan fingerprint density at radius 1 is 0.658 bits per heavy atom. The Morgan fingerprint density at radius 2 is 1.24 bits per heavy atom. The summed E-state index contributed by atoms with van der Waals surface area (Å²) < 4.78 is 12.0. The van der Waals surface area contributed by atoms with Crippen LogP contribution in [0.5, 0.6) is 34.5 Å². The summed E-state index contributed by atoms with van der Waals surface area (Å²) in [7, 11) is 0. The van der Waals surface area contributed by atoms with Gasteiger partial charge in [0.05, 0.1) is 12.2 Å². The fourth-order valence-corrected chi connectivity index (χ4v) is 5.34. The topological polar surface area (TPSA) is 157 Å². The molecule has 0 radical (unpaired) electrons.